The Labute approximate surface area is 115 Å². The third kappa shape index (κ3) is 3.48. The number of hydrogen-bond donors (Lipinski definition) is 1. The molecule has 0 aromatic rings. The Kier molecular flexibility index (Phi) is 4.46. The number of nitrogens with zero attached hydrogens (tertiary/aromatic N) is 2. The summed E-state index contributed by atoms with van der Waals surface area (Å²) >= 11 is 0. The summed E-state index contributed by atoms with van der Waals surface area (Å²) in [5.41, 5.74) is 5.25. The summed E-state index contributed by atoms with van der Waals surface area (Å²) in [6.45, 7) is 0.904. The summed E-state index contributed by atoms with van der Waals surface area (Å²) in [7, 11) is 1.93. The fourth-order valence-electron chi connectivity index (χ4n) is 3.47. The van der Waals surface area contributed by atoms with Gasteiger partial charge in [0.25, 0.3) is 0 Å². The van der Waals surface area contributed by atoms with Crippen LogP contribution < -0.4 is 5.73 Å². The number of rotatable bonds is 3. The number of nitrogens with two attached hydrogens (primary N) is 1. The summed E-state index contributed by atoms with van der Waals surface area (Å²) in [5, 5.41) is 9.00. The van der Waals surface area contributed by atoms with Crippen LogP contribution in [0.2, 0.25) is 0 Å². The van der Waals surface area contributed by atoms with Crippen LogP contribution in [0.4, 0.5) is 0 Å². The van der Waals surface area contributed by atoms with Gasteiger partial charge in [-0.05, 0) is 44.4 Å². The zero-order valence-electron chi connectivity index (χ0n) is 11.9. The molecule has 2 rings (SSSR count). The van der Waals surface area contributed by atoms with Crippen LogP contribution >= 0.6 is 0 Å². The molecule has 0 aliphatic heterocycles. The average molecular weight is 263 g/mol. The van der Waals surface area contributed by atoms with Crippen molar-refractivity contribution in [1.29, 1.82) is 5.26 Å². The zero-order chi connectivity index (χ0) is 13.9. The molecular weight excluding hydrogens is 238 g/mol. The summed E-state index contributed by atoms with van der Waals surface area (Å²) in [6, 6.07) is 2.18. The molecule has 4 nitrogen and oxygen atoms in total. The van der Waals surface area contributed by atoms with Crippen LogP contribution in [-0.4, -0.2) is 29.9 Å². The molecule has 0 aromatic carbocycles. The molecule has 0 bridgehead atoms. The van der Waals surface area contributed by atoms with Gasteiger partial charge in [0.1, 0.15) is 5.54 Å². The van der Waals surface area contributed by atoms with Crippen molar-refractivity contribution in [3.63, 3.8) is 0 Å². The summed E-state index contributed by atoms with van der Waals surface area (Å²) in [6.07, 6.45) is 7.98. The van der Waals surface area contributed by atoms with Crippen LogP contribution in [0, 0.1) is 23.2 Å². The number of hydrogen-bond acceptors (Lipinski definition) is 3. The van der Waals surface area contributed by atoms with Crippen molar-refractivity contribution in [2.75, 3.05) is 13.6 Å². The van der Waals surface area contributed by atoms with Crippen LogP contribution in [-0.2, 0) is 4.79 Å². The fourth-order valence-corrected chi connectivity index (χ4v) is 3.47. The molecule has 2 fully saturated rings. The summed E-state index contributed by atoms with van der Waals surface area (Å²) < 4.78 is 0. The highest BCUT2D eigenvalue weighted by Gasteiger charge is 2.35. The Morgan fingerprint density at radius 3 is 2.42 bits per heavy atom. The molecule has 0 aromatic heterocycles. The molecule has 1 amide bonds. The summed E-state index contributed by atoms with van der Waals surface area (Å²) in [4.78, 5) is 14.3. The lowest BCUT2D eigenvalue weighted by atomic mass is 9.77. The minimum absolute atomic E-state index is 0.0800. The molecule has 0 unspecified atom stereocenters. The van der Waals surface area contributed by atoms with E-state index in [2.05, 4.69) is 6.07 Å². The predicted molar refractivity (Wildman–Crippen MR) is 74.1 cm³/mol. The molecule has 0 atom stereocenters. The van der Waals surface area contributed by atoms with E-state index < -0.39 is 5.54 Å². The number of amides is 1. The number of nitriles is 1. The van der Waals surface area contributed by atoms with E-state index in [1.807, 2.05) is 11.9 Å². The van der Waals surface area contributed by atoms with Gasteiger partial charge in [-0.1, -0.05) is 12.8 Å². The van der Waals surface area contributed by atoms with Gasteiger partial charge in [-0.25, -0.2) is 0 Å². The van der Waals surface area contributed by atoms with Gasteiger partial charge in [0.15, 0.2) is 0 Å². The monoisotopic (exact) mass is 263 g/mol. The van der Waals surface area contributed by atoms with Gasteiger partial charge in [-0.15, -0.1) is 0 Å². The van der Waals surface area contributed by atoms with Crippen LogP contribution in [0.5, 0.6) is 0 Å². The standard InChI is InChI=1S/C15H25N3O/c1-18(10-12-4-2-3-5-12)14(19)13-6-8-15(17,11-16)9-7-13/h12-13H,2-10,17H2,1H3. The molecule has 2 aliphatic rings. The van der Waals surface area contributed by atoms with Gasteiger partial charge >= 0.3 is 0 Å². The maximum atomic E-state index is 12.4. The van der Waals surface area contributed by atoms with E-state index in [0.29, 0.717) is 18.8 Å². The molecule has 106 valence electrons. The molecule has 0 spiro atoms. The van der Waals surface area contributed by atoms with E-state index in [1.54, 1.807) is 0 Å². The van der Waals surface area contributed by atoms with E-state index in [1.165, 1.54) is 25.7 Å². The fraction of sp³-hybridized carbons (Fsp3) is 0.867. The van der Waals surface area contributed by atoms with E-state index in [0.717, 1.165) is 19.4 Å². The molecule has 0 saturated heterocycles. The zero-order valence-corrected chi connectivity index (χ0v) is 11.9. The molecule has 0 heterocycles. The number of carbonyl (C=O) groups is 1. The minimum atomic E-state index is -0.694. The van der Waals surface area contributed by atoms with Gasteiger partial charge < -0.3 is 10.6 Å². The predicted octanol–water partition coefficient (Wildman–Crippen LogP) is 2.05. The van der Waals surface area contributed by atoms with Crippen molar-refractivity contribution in [3.8, 4) is 6.07 Å². The van der Waals surface area contributed by atoms with Crippen molar-refractivity contribution in [2.45, 2.75) is 56.9 Å². The highest BCUT2D eigenvalue weighted by molar-refractivity contribution is 5.78. The normalized spacial score (nSPS) is 31.9. The second kappa shape index (κ2) is 5.92. The second-order valence-electron chi connectivity index (χ2n) is 6.41. The van der Waals surface area contributed by atoms with E-state index in [4.69, 9.17) is 11.0 Å². The molecular formula is C15H25N3O. The third-order valence-corrected chi connectivity index (χ3v) is 4.83. The Bertz CT molecular complexity index is 360. The van der Waals surface area contributed by atoms with Gasteiger partial charge in [-0.3, -0.25) is 4.79 Å². The first-order valence-corrected chi connectivity index (χ1v) is 7.49. The van der Waals surface area contributed by atoms with Gasteiger partial charge in [0.05, 0.1) is 6.07 Å². The van der Waals surface area contributed by atoms with Gasteiger partial charge in [-0.2, -0.15) is 5.26 Å². The Hall–Kier alpha value is -1.08. The van der Waals surface area contributed by atoms with Gasteiger partial charge in [0.2, 0.25) is 5.91 Å². The lowest BCUT2D eigenvalue weighted by Crippen LogP contribution is -2.45. The number of carbonyl (C=O) groups excluding carboxylic acids is 1. The molecule has 2 N–H and O–H groups in total. The smallest absolute Gasteiger partial charge is 0.225 e. The van der Waals surface area contributed by atoms with Crippen LogP contribution in [0.3, 0.4) is 0 Å². The van der Waals surface area contributed by atoms with Crippen molar-refractivity contribution in [2.24, 2.45) is 17.6 Å². The molecule has 2 saturated carbocycles. The first-order chi connectivity index (χ1) is 9.04. The molecule has 4 heteroatoms. The van der Waals surface area contributed by atoms with Crippen molar-refractivity contribution in [3.05, 3.63) is 0 Å². The quantitative estimate of drug-likeness (QED) is 0.847. The third-order valence-electron chi connectivity index (χ3n) is 4.83. The van der Waals surface area contributed by atoms with Crippen LogP contribution in [0.25, 0.3) is 0 Å². The first-order valence-electron chi connectivity index (χ1n) is 7.49. The summed E-state index contributed by atoms with van der Waals surface area (Å²) in [5.74, 6) is 1.04. The van der Waals surface area contributed by atoms with Crippen molar-refractivity contribution < 1.29 is 4.79 Å². The maximum absolute atomic E-state index is 12.4. The maximum Gasteiger partial charge on any atom is 0.225 e. The van der Waals surface area contributed by atoms with E-state index in [9.17, 15) is 4.79 Å². The highest BCUT2D eigenvalue weighted by Crippen LogP contribution is 2.32. The molecule has 19 heavy (non-hydrogen) atoms. The Morgan fingerprint density at radius 1 is 1.32 bits per heavy atom. The lowest BCUT2D eigenvalue weighted by molar-refractivity contribution is -0.136. The largest absolute Gasteiger partial charge is 0.345 e. The van der Waals surface area contributed by atoms with Crippen molar-refractivity contribution >= 4 is 5.91 Å². The van der Waals surface area contributed by atoms with Crippen molar-refractivity contribution in [1.82, 2.24) is 4.90 Å². The molecule has 2 aliphatic carbocycles. The first kappa shape index (κ1) is 14.3. The topological polar surface area (TPSA) is 70.1 Å². The Balaban J connectivity index is 1.81. The lowest BCUT2D eigenvalue weighted by Gasteiger charge is -2.33. The SMILES string of the molecule is CN(CC1CCCC1)C(=O)C1CCC(N)(C#N)CC1. The average Bonchev–Trinajstić information content (AvgIpc) is 2.91. The van der Waals surface area contributed by atoms with Crippen LogP contribution in [0.15, 0.2) is 0 Å². The van der Waals surface area contributed by atoms with Crippen LogP contribution in [0.1, 0.15) is 51.4 Å². The highest BCUT2D eigenvalue weighted by atomic mass is 16.2. The van der Waals surface area contributed by atoms with E-state index in [-0.39, 0.29) is 11.8 Å². The van der Waals surface area contributed by atoms with Gasteiger partial charge in [0, 0.05) is 19.5 Å². The molecule has 0 radical (unpaired) electrons. The minimum Gasteiger partial charge on any atom is -0.345 e. The second-order valence-corrected chi connectivity index (χ2v) is 6.41. The van der Waals surface area contributed by atoms with E-state index >= 15 is 0 Å². The Morgan fingerprint density at radius 2 is 1.89 bits per heavy atom.